The summed E-state index contributed by atoms with van der Waals surface area (Å²) in [6, 6.07) is 0.0800. The van der Waals surface area contributed by atoms with Crippen LogP contribution in [0.2, 0.25) is 0 Å². The van der Waals surface area contributed by atoms with Crippen LogP contribution in [0.4, 0.5) is 0 Å². The van der Waals surface area contributed by atoms with E-state index >= 15 is 0 Å². The summed E-state index contributed by atoms with van der Waals surface area (Å²) in [5.74, 6) is 1.10. The first kappa shape index (κ1) is 13.2. The zero-order valence-electron chi connectivity index (χ0n) is 10.4. The van der Waals surface area contributed by atoms with E-state index in [9.17, 15) is 0 Å². The second-order valence-electron chi connectivity index (χ2n) is 4.18. The van der Waals surface area contributed by atoms with Gasteiger partial charge in [0, 0.05) is 52.1 Å². The van der Waals surface area contributed by atoms with Gasteiger partial charge in [0.1, 0.15) is 5.82 Å². The Morgan fingerprint density at radius 3 is 2.94 bits per heavy atom. The largest absolute Gasteiger partial charge is 0.383 e. The van der Waals surface area contributed by atoms with Gasteiger partial charge in [-0.1, -0.05) is 0 Å². The molecular weight excluding hydrogens is 204 g/mol. The molecule has 16 heavy (non-hydrogen) atoms. The molecule has 0 saturated heterocycles. The number of rotatable bonds is 7. The highest BCUT2D eigenvalue weighted by Gasteiger charge is 2.07. The van der Waals surface area contributed by atoms with E-state index in [0.717, 1.165) is 25.3 Å². The van der Waals surface area contributed by atoms with E-state index in [1.807, 2.05) is 24.0 Å². The van der Waals surface area contributed by atoms with Crippen molar-refractivity contribution in [1.82, 2.24) is 14.5 Å². The minimum absolute atomic E-state index is 0.0800. The van der Waals surface area contributed by atoms with Crippen LogP contribution in [0.25, 0.3) is 0 Å². The standard InChI is InChI=1S/C11H22N4O/c1-14(8-10(12)9-16-3)6-4-11-13-5-7-15(11)2/h5,7,10H,4,6,8-9,12H2,1-3H3. The number of hydrogen-bond donors (Lipinski definition) is 1. The molecule has 92 valence electrons. The molecule has 0 aliphatic heterocycles. The van der Waals surface area contributed by atoms with Crippen LogP contribution in [0.5, 0.6) is 0 Å². The van der Waals surface area contributed by atoms with E-state index in [0.29, 0.717) is 6.61 Å². The molecule has 1 atom stereocenters. The Morgan fingerprint density at radius 2 is 2.38 bits per heavy atom. The van der Waals surface area contributed by atoms with Gasteiger partial charge in [-0.25, -0.2) is 4.98 Å². The molecule has 1 heterocycles. The maximum Gasteiger partial charge on any atom is 0.109 e. The Morgan fingerprint density at radius 1 is 1.62 bits per heavy atom. The first-order valence-electron chi connectivity index (χ1n) is 5.52. The van der Waals surface area contributed by atoms with Gasteiger partial charge in [0.25, 0.3) is 0 Å². The van der Waals surface area contributed by atoms with Crippen molar-refractivity contribution >= 4 is 0 Å². The molecule has 5 heteroatoms. The zero-order chi connectivity index (χ0) is 12.0. The molecule has 1 unspecified atom stereocenters. The second kappa shape index (κ2) is 6.62. The Labute approximate surface area is 97.2 Å². The predicted molar refractivity (Wildman–Crippen MR) is 64.3 cm³/mol. The summed E-state index contributed by atoms with van der Waals surface area (Å²) in [6.07, 6.45) is 4.73. The number of hydrogen-bond acceptors (Lipinski definition) is 4. The molecule has 1 rings (SSSR count). The van der Waals surface area contributed by atoms with Crippen LogP contribution in [0.15, 0.2) is 12.4 Å². The Balaban J connectivity index is 2.25. The molecule has 1 aromatic rings. The Bertz CT molecular complexity index is 300. The highest BCUT2D eigenvalue weighted by molar-refractivity contribution is 4.91. The van der Waals surface area contributed by atoms with E-state index < -0.39 is 0 Å². The van der Waals surface area contributed by atoms with Crippen molar-refractivity contribution in [3.05, 3.63) is 18.2 Å². The Kier molecular flexibility index (Phi) is 5.45. The van der Waals surface area contributed by atoms with E-state index in [2.05, 4.69) is 16.9 Å². The SMILES string of the molecule is COCC(N)CN(C)CCc1nccn1C. The highest BCUT2D eigenvalue weighted by atomic mass is 16.5. The summed E-state index contributed by atoms with van der Waals surface area (Å²) in [7, 11) is 5.76. The molecule has 1 aromatic heterocycles. The second-order valence-corrected chi connectivity index (χ2v) is 4.18. The average molecular weight is 226 g/mol. The van der Waals surface area contributed by atoms with E-state index in [1.54, 1.807) is 7.11 Å². The Hall–Kier alpha value is -0.910. The third-order valence-corrected chi connectivity index (χ3v) is 2.57. The lowest BCUT2D eigenvalue weighted by Crippen LogP contribution is -2.39. The van der Waals surface area contributed by atoms with Crippen LogP contribution in [0, 0.1) is 0 Å². The predicted octanol–water partition coefficient (Wildman–Crippen LogP) is -0.132. The number of ether oxygens (including phenoxy) is 1. The summed E-state index contributed by atoms with van der Waals surface area (Å²) in [6.45, 7) is 2.41. The molecule has 5 nitrogen and oxygen atoms in total. The van der Waals surface area contributed by atoms with Gasteiger partial charge in [-0.05, 0) is 7.05 Å². The quantitative estimate of drug-likeness (QED) is 0.703. The van der Waals surface area contributed by atoms with Crippen molar-refractivity contribution in [2.24, 2.45) is 12.8 Å². The van der Waals surface area contributed by atoms with Gasteiger partial charge in [0.15, 0.2) is 0 Å². The van der Waals surface area contributed by atoms with Crippen LogP contribution in [-0.2, 0) is 18.2 Å². The number of likely N-dealkylation sites (N-methyl/N-ethyl adjacent to an activating group) is 1. The molecule has 0 aromatic carbocycles. The molecule has 0 radical (unpaired) electrons. The molecule has 0 saturated carbocycles. The number of aryl methyl sites for hydroxylation is 1. The van der Waals surface area contributed by atoms with Gasteiger partial charge >= 0.3 is 0 Å². The van der Waals surface area contributed by atoms with Crippen LogP contribution in [0.3, 0.4) is 0 Å². The summed E-state index contributed by atoms with van der Waals surface area (Å²) >= 11 is 0. The number of aromatic nitrogens is 2. The third-order valence-electron chi connectivity index (χ3n) is 2.57. The smallest absolute Gasteiger partial charge is 0.109 e. The van der Waals surface area contributed by atoms with Gasteiger partial charge in [0.05, 0.1) is 6.61 Å². The number of nitrogens with zero attached hydrogens (tertiary/aromatic N) is 3. The van der Waals surface area contributed by atoms with Crippen LogP contribution >= 0.6 is 0 Å². The molecule has 0 amide bonds. The lowest BCUT2D eigenvalue weighted by Gasteiger charge is -2.20. The van der Waals surface area contributed by atoms with Crippen molar-refractivity contribution in [3.63, 3.8) is 0 Å². The summed E-state index contributed by atoms with van der Waals surface area (Å²) in [4.78, 5) is 6.49. The molecular formula is C11H22N4O. The fraction of sp³-hybridized carbons (Fsp3) is 0.727. The minimum Gasteiger partial charge on any atom is -0.383 e. The summed E-state index contributed by atoms with van der Waals surface area (Å²) in [5, 5.41) is 0. The maximum absolute atomic E-state index is 5.88. The minimum atomic E-state index is 0.0800. The number of imidazole rings is 1. The van der Waals surface area contributed by atoms with E-state index in [4.69, 9.17) is 10.5 Å². The van der Waals surface area contributed by atoms with Crippen molar-refractivity contribution < 1.29 is 4.74 Å². The lowest BCUT2D eigenvalue weighted by atomic mass is 10.3. The van der Waals surface area contributed by atoms with Crippen LogP contribution < -0.4 is 5.73 Å². The normalized spacial score (nSPS) is 13.3. The third kappa shape index (κ3) is 4.30. The summed E-state index contributed by atoms with van der Waals surface area (Å²) < 4.78 is 7.05. The summed E-state index contributed by atoms with van der Waals surface area (Å²) in [5.41, 5.74) is 5.88. The van der Waals surface area contributed by atoms with Gasteiger partial charge in [-0.15, -0.1) is 0 Å². The first-order chi connectivity index (χ1) is 7.63. The van der Waals surface area contributed by atoms with Gasteiger partial charge in [0.2, 0.25) is 0 Å². The molecule has 0 spiro atoms. The van der Waals surface area contributed by atoms with Crippen molar-refractivity contribution in [2.45, 2.75) is 12.5 Å². The van der Waals surface area contributed by atoms with Crippen LogP contribution in [-0.4, -0.2) is 54.3 Å². The number of nitrogens with two attached hydrogens (primary N) is 1. The highest BCUT2D eigenvalue weighted by Crippen LogP contribution is 1.97. The lowest BCUT2D eigenvalue weighted by molar-refractivity contribution is 0.161. The van der Waals surface area contributed by atoms with Crippen molar-refractivity contribution in [2.75, 3.05) is 33.9 Å². The number of methoxy groups -OCH3 is 1. The fourth-order valence-corrected chi connectivity index (χ4v) is 1.69. The fourth-order valence-electron chi connectivity index (χ4n) is 1.69. The average Bonchev–Trinajstić information content (AvgIpc) is 2.61. The van der Waals surface area contributed by atoms with Gasteiger partial charge in [-0.2, -0.15) is 0 Å². The van der Waals surface area contributed by atoms with Crippen LogP contribution in [0.1, 0.15) is 5.82 Å². The van der Waals surface area contributed by atoms with Crippen molar-refractivity contribution in [1.29, 1.82) is 0 Å². The van der Waals surface area contributed by atoms with E-state index in [-0.39, 0.29) is 6.04 Å². The van der Waals surface area contributed by atoms with Gasteiger partial charge in [-0.3, -0.25) is 0 Å². The molecule has 0 aliphatic carbocycles. The monoisotopic (exact) mass is 226 g/mol. The maximum atomic E-state index is 5.88. The van der Waals surface area contributed by atoms with E-state index in [1.165, 1.54) is 0 Å². The molecule has 0 fully saturated rings. The molecule has 0 bridgehead atoms. The molecule has 2 N–H and O–H groups in total. The molecule has 0 aliphatic rings. The zero-order valence-corrected chi connectivity index (χ0v) is 10.4. The topological polar surface area (TPSA) is 56.3 Å². The first-order valence-corrected chi connectivity index (χ1v) is 5.52. The van der Waals surface area contributed by atoms with Crippen molar-refractivity contribution in [3.8, 4) is 0 Å². The van der Waals surface area contributed by atoms with Gasteiger partial charge < -0.3 is 19.9 Å².